The summed E-state index contributed by atoms with van der Waals surface area (Å²) in [5.41, 5.74) is 1.75. The van der Waals surface area contributed by atoms with E-state index in [1.807, 2.05) is 35.1 Å². The van der Waals surface area contributed by atoms with Gasteiger partial charge in [-0.3, -0.25) is 9.36 Å². The monoisotopic (exact) mass is 406 g/mol. The average molecular weight is 406 g/mol. The predicted octanol–water partition coefficient (Wildman–Crippen LogP) is 4.12. The van der Waals surface area contributed by atoms with E-state index in [-0.39, 0.29) is 5.82 Å². The second-order valence-electron chi connectivity index (χ2n) is 6.45. The summed E-state index contributed by atoms with van der Waals surface area (Å²) >= 11 is 5.34. The van der Waals surface area contributed by atoms with Crippen molar-refractivity contribution < 1.29 is 4.39 Å². The fraction of sp³-hybridized carbons (Fsp3) is 0.0952. The zero-order valence-electron chi connectivity index (χ0n) is 15.5. The number of aromatic nitrogens is 4. The van der Waals surface area contributed by atoms with Crippen LogP contribution in [-0.4, -0.2) is 24.7 Å². The lowest BCUT2D eigenvalue weighted by atomic mass is 10.2. The molecule has 6 nitrogen and oxygen atoms in total. The average Bonchev–Trinajstić information content (AvgIpc) is 3.34. The molecule has 0 aliphatic carbocycles. The van der Waals surface area contributed by atoms with Gasteiger partial charge >= 0.3 is 0 Å². The molecule has 2 heterocycles. The molecule has 146 valence electrons. The Hall–Kier alpha value is -3.52. The smallest absolute Gasteiger partial charge is 0.177 e. The molecule has 0 bridgehead atoms. The van der Waals surface area contributed by atoms with Crippen LogP contribution in [0.4, 0.5) is 16.0 Å². The van der Waals surface area contributed by atoms with E-state index in [1.54, 1.807) is 35.1 Å². The molecule has 2 aromatic carbocycles. The first kappa shape index (κ1) is 18.8. The molecule has 2 N–H and O–H groups in total. The van der Waals surface area contributed by atoms with E-state index in [2.05, 4.69) is 33.0 Å². The van der Waals surface area contributed by atoms with Gasteiger partial charge in [0.25, 0.3) is 0 Å². The maximum absolute atomic E-state index is 13.8. The zero-order valence-corrected chi connectivity index (χ0v) is 16.3. The highest BCUT2D eigenvalue weighted by atomic mass is 32.1. The van der Waals surface area contributed by atoms with E-state index in [4.69, 9.17) is 12.2 Å². The molecule has 0 amide bonds. The van der Waals surface area contributed by atoms with Crippen LogP contribution in [0, 0.1) is 5.82 Å². The Bertz CT molecular complexity index is 1110. The van der Waals surface area contributed by atoms with Crippen LogP contribution in [0.15, 0.2) is 79.1 Å². The number of anilines is 2. The van der Waals surface area contributed by atoms with Crippen LogP contribution in [0.25, 0.3) is 0 Å². The lowest BCUT2D eigenvalue weighted by Crippen LogP contribution is -2.20. The van der Waals surface area contributed by atoms with Gasteiger partial charge in [0.2, 0.25) is 0 Å². The van der Waals surface area contributed by atoms with Crippen LogP contribution in [0.5, 0.6) is 0 Å². The molecule has 2 aromatic heterocycles. The van der Waals surface area contributed by atoms with Gasteiger partial charge in [-0.25, -0.2) is 4.39 Å². The zero-order chi connectivity index (χ0) is 20.1. The second kappa shape index (κ2) is 8.66. The SMILES string of the molecule is Fc1ccccc1Cn1ccc(NC(=S)Nc2ccn(Cc3ccccc3)n2)n1. The largest absolute Gasteiger partial charge is 0.316 e. The fourth-order valence-electron chi connectivity index (χ4n) is 2.87. The van der Waals surface area contributed by atoms with Crippen LogP contribution in [0.2, 0.25) is 0 Å². The molecule has 0 aliphatic rings. The van der Waals surface area contributed by atoms with E-state index in [9.17, 15) is 4.39 Å². The van der Waals surface area contributed by atoms with Crippen LogP contribution in [-0.2, 0) is 13.1 Å². The minimum atomic E-state index is -0.249. The standard InChI is InChI=1S/C21H19FN6S/c22-18-9-5-4-8-17(18)15-28-13-11-20(26-28)24-21(29)23-19-10-12-27(25-19)14-16-6-2-1-3-7-16/h1-13H,14-15H2,(H2,23,24,25,26,29). The summed E-state index contributed by atoms with van der Waals surface area (Å²) in [6, 6.07) is 20.4. The predicted molar refractivity (Wildman–Crippen MR) is 115 cm³/mol. The molecule has 8 heteroatoms. The molecule has 0 unspecified atom stereocenters. The first-order valence-electron chi connectivity index (χ1n) is 9.08. The van der Waals surface area contributed by atoms with Gasteiger partial charge in [-0.1, -0.05) is 48.5 Å². The third-order valence-electron chi connectivity index (χ3n) is 4.24. The highest BCUT2D eigenvalue weighted by molar-refractivity contribution is 7.80. The van der Waals surface area contributed by atoms with E-state index >= 15 is 0 Å². The third-order valence-corrected chi connectivity index (χ3v) is 4.45. The Balaban J connectivity index is 1.32. The normalized spacial score (nSPS) is 10.7. The minimum absolute atomic E-state index is 0.249. The van der Waals surface area contributed by atoms with Crippen LogP contribution in [0.3, 0.4) is 0 Å². The molecule has 0 atom stereocenters. The summed E-state index contributed by atoms with van der Waals surface area (Å²) in [6.45, 7) is 1.03. The van der Waals surface area contributed by atoms with Gasteiger partial charge in [0.15, 0.2) is 16.7 Å². The fourth-order valence-corrected chi connectivity index (χ4v) is 3.08. The molecule has 0 saturated heterocycles. The number of halogens is 1. The van der Waals surface area contributed by atoms with Crippen molar-refractivity contribution in [2.75, 3.05) is 10.6 Å². The molecule has 4 aromatic rings. The third kappa shape index (κ3) is 5.05. The van der Waals surface area contributed by atoms with E-state index in [0.717, 1.165) is 0 Å². The van der Waals surface area contributed by atoms with Crippen molar-refractivity contribution >= 4 is 29.0 Å². The lowest BCUT2D eigenvalue weighted by Gasteiger charge is -2.06. The molecule has 0 radical (unpaired) electrons. The number of hydrogen-bond donors (Lipinski definition) is 2. The van der Waals surface area contributed by atoms with Crippen molar-refractivity contribution in [3.05, 3.63) is 96.1 Å². The molecule has 0 aliphatic heterocycles. The number of hydrogen-bond acceptors (Lipinski definition) is 3. The van der Waals surface area contributed by atoms with Crippen LogP contribution >= 0.6 is 12.2 Å². The van der Waals surface area contributed by atoms with Gasteiger partial charge < -0.3 is 10.6 Å². The van der Waals surface area contributed by atoms with Crippen molar-refractivity contribution in [1.29, 1.82) is 0 Å². The van der Waals surface area contributed by atoms with Gasteiger partial charge in [-0.05, 0) is 23.8 Å². The van der Waals surface area contributed by atoms with Gasteiger partial charge in [0.1, 0.15) is 5.82 Å². The highest BCUT2D eigenvalue weighted by Crippen LogP contribution is 2.11. The van der Waals surface area contributed by atoms with E-state index in [1.165, 1.54) is 11.6 Å². The molecule has 0 fully saturated rings. The molecular weight excluding hydrogens is 387 g/mol. The molecule has 0 saturated carbocycles. The first-order chi connectivity index (χ1) is 14.2. The van der Waals surface area contributed by atoms with Gasteiger partial charge in [-0.15, -0.1) is 0 Å². The number of rotatable bonds is 6. The van der Waals surface area contributed by atoms with E-state index in [0.29, 0.717) is 35.4 Å². The summed E-state index contributed by atoms with van der Waals surface area (Å²) in [5, 5.41) is 15.3. The van der Waals surface area contributed by atoms with Gasteiger partial charge in [-0.2, -0.15) is 10.2 Å². The summed E-state index contributed by atoms with van der Waals surface area (Å²) in [4.78, 5) is 0. The molecule has 4 rings (SSSR count). The Morgan fingerprint density at radius 1 is 0.793 bits per heavy atom. The number of nitrogens with zero attached hydrogens (tertiary/aromatic N) is 4. The number of benzene rings is 2. The van der Waals surface area contributed by atoms with Crippen LogP contribution < -0.4 is 10.6 Å². The Kier molecular flexibility index (Phi) is 5.62. The Morgan fingerprint density at radius 2 is 1.38 bits per heavy atom. The Labute approximate surface area is 173 Å². The lowest BCUT2D eigenvalue weighted by molar-refractivity contribution is 0.586. The maximum Gasteiger partial charge on any atom is 0.177 e. The van der Waals surface area contributed by atoms with Crippen molar-refractivity contribution in [3.63, 3.8) is 0 Å². The van der Waals surface area contributed by atoms with Gasteiger partial charge in [0.05, 0.1) is 13.1 Å². The second-order valence-corrected chi connectivity index (χ2v) is 6.86. The Morgan fingerprint density at radius 3 is 2.03 bits per heavy atom. The summed E-state index contributed by atoms with van der Waals surface area (Å²) in [5.74, 6) is 0.965. The number of nitrogens with one attached hydrogen (secondary N) is 2. The van der Waals surface area contributed by atoms with Crippen molar-refractivity contribution in [1.82, 2.24) is 19.6 Å². The van der Waals surface area contributed by atoms with Crippen LogP contribution in [0.1, 0.15) is 11.1 Å². The minimum Gasteiger partial charge on any atom is -0.316 e. The maximum atomic E-state index is 13.8. The summed E-state index contributed by atoms with van der Waals surface area (Å²) < 4.78 is 17.3. The molecular formula is C21H19FN6S. The first-order valence-corrected chi connectivity index (χ1v) is 9.49. The number of thiocarbonyl (C=S) groups is 1. The van der Waals surface area contributed by atoms with Crippen molar-refractivity contribution in [2.24, 2.45) is 0 Å². The summed E-state index contributed by atoms with van der Waals surface area (Å²) in [6.07, 6.45) is 3.66. The highest BCUT2D eigenvalue weighted by Gasteiger charge is 2.07. The van der Waals surface area contributed by atoms with Crippen molar-refractivity contribution in [2.45, 2.75) is 13.1 Å². The van der Waals surface area contributed by atoms with Crippen molar-refractivity contribution in [3.8, 4) is 0 Å². The topological polar surface area (TPSA) is 59.7 Å². The van der Waals surface area contributed by atoms with Gasteiger partial charge in [0, 0.05) is 30.1 Å². The summed E-state index contributed by atoms with van der Waals surface area (Å²) in [7, 11) is 0. The van der Waals surface area contributed by atoms with E-state index < -0.39 is 0 Å². The molecule has 29 heavy (non-hydrogen) atoms. The molecule has 0 spiro atoms. The quantitative estimate of drug-likeness (QED) is 0.472.